The van der Waals surface area contributed by atoms with Crippen LogP contribution in [0.15, 0.2) is 30.3 Å². The van der Waals surface area contributed by atoms with Crippen LogP contribution in [0.1, 0.15) is 25.7 Å². The molecule has 1 saturated carbocycles. The molecular weight excluding hydrogens is 266 g/mol. The van der Waals surface area contributed by atoms with Crippen molar-refractivity contribution in [2.45, 2.75) is 31.8 Å². The highest BCUT2D eigenvalue weighted by Gasteiger charge is 2.48. The molecule has 1 aromatic carbocycles. The SMILES string of the molecule is COC1CCC12CCN(C(=O)COc1ccccc1)CC2. The lowest BCUT2D eigenvalue weighted by Gasteiger charge is -2.53. The molecule has 114 valence electrons. The van der Waals surface area contributed by atoms with E-state index >= 15 is 0 Å². The quantitative estimate of drug-likeness (QED) is 0.855. The summed E-state index contributed by atoms with van der Waals surface area (Å²) >= 11 is 0. The average molecular weight is 289 g/mol. The van der Waals surface area contributed by atoms with E-state index in [9.17, 15) is 4.79 Å². The second-order valence-corrected chi connectivity index (χ2v) is 6.11. The van der Waals surface area contributed by atoms with Crippen LogP contribution in [0.2, 0.25) is 0 Å². The number of methoxy groups -OCH3 is 1. The van der Waals surface area contributed by atoms with Gasteiger partial charge in [0.05, 0.1) is 6.10 Å². The van der Waals surface area contributed by atoms with Gasteiger partial charge in [-0.1, -0.05) is 18.2 Å². The fourth-order valence-electron chi connectivity index (χ4n) is 3.56. The van der Waals surface area contributed by atoms with E-state index in [4.69, 9.17) is 9.47 Å². The first-order valence-electron chi connectivity index (χ1n) is 7.72. The molecule has 0 aromatic heterocycles. The number of rotatable bonds is 4. The van der Waals surface area contributed by atoms with Crippen LogP contribution in [-0.4, -0.2) is 43.7 Å². The monoisotopic (exact) mass is 289 g/mol. The molecule has 1 aliphatic heterocycles. The number of hydrogen-bond acceptors (Lipinski definition) is 3. The van der Waals surface area contributed by atoms with Crippen LogP contribution >= 0.6 is 0 Å². The molecule has 21 heavy (non-hydrogen) atoms. The molecule has 1 saturated heterocycles. The number of hydrogen-bond donors (Lipinski definition) is 0. The summed E-state index contributed by atoms with van der Waals surface area (Å²) in [6.07, 6.45) is 4.93. The lowest BCUT2D eigenvalue weighted by molar-refractivity contribution is -0.146. The number of carbonyl (C=O) groups excluding carboxylic acids is 1. The van der Waals surface area contributed by atoms with Gasteiger partial charge in [-0.2, -0.15) is 0 Å². The Morgan fingerprint density at radius 2 is 1.95 bits per heavy atom. The van der Waals surface area contributed by atoms with Gasteiger partial charge in [0.25, 0.3) is 5.91 Å². The first-order valence-corrected chi connectivity index (χ1v) is 7.72. The molecule has 2 aliphatic rings. The van der Waals surface area contributed by atoms with Gasteiger partial charge in [-0.3, -0.25) is 4.79 Å². The minimum absolute atomic E-state index is 0.0852. The van der Waals surface area contributed by atoms with Crippen LogP contribution in [-0.2, 0) is 9.53 Å². The molecule has 4 nitrogen and oxygen atoms in total. The third kappa shape index (κ3) is 2.91. The van der Waals surface area contributed by atoms with Gasteiger partial charge in [0, 0.05) is 25.6 Å². The number of nitrogens with zero attached hydrogens (tertiary/aromatic N) is 1. The third-order valence-electron chi connectivity index (χ3n) is 5.09. The molecule has 1 amide bonds. The van der Waals surface area contributed by atoms with E-state index in [1.807, 2.05) is 35.2 Å². The van der Waals surface area contributed by atoms with E-state index < -0.39 is 0 Å². The lowest BCUT2D eigenvalue weighted by atomic mass is 9.61. The van der Waals surface area contributed by atoms with Crippen molar-refractivity contribution in [3.05, 3.63) is 30.3 Å². The topological polar surface area (TPSA) is 38.8 Å². The summed E-state index contributed by atoms with van der Waals surface area (Å²) in [4.78, 5) is 14.1. The average Bonchev–Trinajstić information content (AvgIpc) is 2.53. The summed E-state index contributed by atoms with van der Waals surface area (Å²) in [7, 11) is 1.80. The Morgan fingerprint density at radius 1 is 1.24 bits per heavy atom. The smallest absolute Gasteiger partial charge is 0.260 e. The summed E-state index contributed by atoms with van der Waals surface area (Å²) in [5.74, 6) is 0.833. The summed E-state index contributed by atoms with van der Waals surface area (Å²) < 4.78 is 11.1. The first kappa shape index (κ1) is 14.4. The number of amides is 1. The Kier molecular flexibility index (Phi) is 4.15. The Bertz CT molecular complexity index is 478. The number of ether oxygens (including phenoxy) is 2. The maximum atomic E-state index is 12.2. The van der Waals surface area contributed by atoms with Crippen molar-refractivity contribution in [3.63, 3.8) is 0 Å². The predicted molar refractivity (Wildman–Crippen MR) is 80.2 cm³/mol. The molecule has 0 bridgehead atoms. The predicted octanol–water partition coefficient (Wildman–Crippen LogP) is 2.48. The Labute approximate surface area is 126 Å². The van der Waals surface area contributed by atoms with Gasteiger partial charge in [-0.15, -0.1) is 0 Å². The van der Waals surface area contributed by atoms with Gasteiger partial charge >= 0.3 is 0 Å². The van der Waals surface area contributed by atoms with Crippen LogP contribution < -0.4 is 4.74 Å². The van der Waals surface area contributed by atoms with E-state index in [1.54, 1.807) is 7.11 Å². The summed E-state index contributed by atoms with van der Waals surface area (Å²) in [5, 5.41) is 0. The van der Waals surface area contributed by atoms with Gasteiger partial charge in [-0.05, 0) is 37.8 Å². The van der Waals surface area contributed by atoms with Crippen LogP contribution in [0.25, 0.3) is 0 Å². The zero-order valence-corrected chi connectivity index (χ0v) is 12.6. The molecule has 1 heterocycles. The third-order valence-corrected chi connectivity index (χ3v) is 5.09. The fourth-order valence-corrected chi connectivity index (χ4v) is 3.56. The van der Waals surface area contributed by atoms with Crippen molar-refractivity contribution in [2.24, 2.45) is 5.41 Å². The number of benzene rings is 1. The minimum atomic E-state index is 0.0852. The van der Waals surface area contributed by atoms with Crippen LogP contribution in [0.3, 0.4) is 0 Å². The Hall–Kier alpha value is -1.55. The maximum Gasteiger partial charge on any atom is 0.260 e. The maximum absolute atomic E-state index is 12.2. The van der Waals surface area contributed by atoms with Crippen molar-refractivity contribution in [2.75, 3.05) is 26.8 Å². The summed E-state index contributed by atoms with van der Waals surface area (Å²) in [5.41, 5.74) is 0.339. The second-order valence-electron chi connectivity index (χ2n) is 6.11. The van der Waals surface area contributed by atoms with Crippen molar-refractivity contribution in [3.8, 4) is 5.75 Å². The van der Waals surface area contributed by atoms with Crippen LogP contribution in [0, 0.1) is 5.41 Å². The standard InChI is InChI=1S/C17H23NO3/c1-20-15-7-8-17(15)9-11-18(12-10-17)16(19)13-21-14-5-3-2-4-6-14/h2-6,15H,7-13H2,1H3. The van der Waals surface area contributed by atoms with E-state index in [1.165, 1.54) is 12.8 Å². The zero-order valence-electron chi connectivity index (χ0n) is 12.6. The van der Waals surface area contributed by atoms with Crippen LogP contribution in [0.5, 0.6) is 5.75 Å². The lowest BCUT2D eigenvalue weighted by Crippen LogP contribution is -2.54. The van der Waals surface area contributed by atoms with Gasteiger partial charge < -0.3 is 14.4 Å². The van der Waals surface area contributed by atoms with Gasteiger partial charge in [0.15, 0.2) is 6.61 Å². The highest BCUT2D eigenvalue weighted by Crippen LogP contribution is 2.50. The molecule has 0 N–H and O–H groups in total. The van der Waals surface area contributed by atoms with E-state index in [-0.39, 0.29) is 12.5 Å². The molecule has 2 fully saturated rings. The molecule has 1 atom stereocenters. The fraction of sp³-hybridized carbons (Fsp3) is 0.588. The van der Waals surface area contributed by atoms with Gasteiger partial charge in [-0.25, -0.2) is 0 Å². The molecule has 4 heteroatoms. The number of likely N-dealkylation sites (tertiary alicyclic amines) is 1. The summed E-state index contributed by atoms with van der Waals surface area (Å²) in [6, 6.07) is 9.49. The van der Waals surface area contributed by atoms with E-state index in [2.05, 4.69) is 0 Å². The molecular formula is C17H23NO3. The van der Waals surface area contributed by atoms with Crippen molar-refractivity contribution < 1.29 is 14.3 Å². The van der Waals surface area contributed by atoms with E-state index in [0.717, 1.165) is 31.7 Å². The highest BCUT2D eigenvalue weighted by molar-refractivity contribution is 5.77. The number of carbonyl (C=O) groups is 1. The second kappa shape index (κ2) is 6.06. The van der Waals surface area contributed by atoms with Crippen molar-refractivity contribution in [1.82, 2.24) is 4.90 Å². The number of para-hydroxylation sites is 1. The molecule has 1 spiro atoms. The molecule has 1 unspecified atom stereocenters. The van der Waals surface area contributed by atoms with Crippen molar-refractivity contribution >= 4 is 5.91 Å². The Morgan fingerprint density at radius 3 is 2.52 bits per heavy atom. The molecule has 1 aromatic rings. The summed E-state index contributed by atoms with van der Waals surface area (Å²) in [6.45, 7) is 1.79. The first-order chi connectivity index (χ1) is 10.2. The van der Waals surface area contributed by atoms with Crippen molar-refractivity contribution in [1.29, 1.82) is 0 Å². The Balaban J connectivity index is 1.47. The normalized spacial score (nSPS) is 23.7. The highest BCUT2D eigenvalue weighted by atomic mass is 16.5. The van der Waals surface area contributed by atoms with Gasteiger partial charge in [0.2, 0.25) is 0 Å². The molecule has 3 rings (SSSR count). The molecule has 0 radical (unpaired) electrons. The van der Waals surface area contributed by atoms with Gasteiger partial charge in [0.1, 0.15) is 5.75 Å². The minimum Gasteiger partial charge on any atom is -0.484 e. The zero-order chi connectivity index (χ0) is 14.7. The van der Waals surface area contributed by atoms with Crippen LogP contribution in [0.4, 0.5) is 0 Å². The van der Waals surface area contributed by atoms with E-state index in [0.29, 0.717) is 11.5 Å². The molecule has 1 aliphatic carbocycles. The number of piperidine rings is 1. The largest absolute Gasteiger partial charge is 0.484 e.